The van der Waals surface area contributed by atoms with E-state index in [-0.39, 0.29) is 5.54 Å². The SMILES string of the molecule is CC(C)NC1(c2nccs2)CCCCC1C(C)(C)C. The minimum Gasteiger partial charge on any atom is -0.303 e. The molecule has 1 N–H and O–H groups in total. The third kappa shape index (κ3) is 3.03. The molecular weight excluding hydrogens is 252 g/mol. The molecule has 1 saturated carbocycles. The first-order valence-electron chi connectivity index (χ1n) is 7.54. The molecule has 0 saturated heterocycles. The molecule has 19 heavy (non-hydrogen) atoms. The molecule has 2 atom stereocenters. The summed E-state index contributed by atoms with van der Waals surface area (Å²) in [7, 11) is 0. The summed E-state index contributed by atoms with van der Waals surface area (Å²) in [6.45, 7) is 11.7. The van der Waals surface area contributed by atoms with Gasteiger partial charge in [-0.3, -0.25) is 0 Å². The second-order valence-corrected chi connectivity index (χ2v) is 8.17. The molecule has 2 nitrogen and oxygen atoms in total. The maximum Gasteiger partial charge on any atom is 0.113 e. The maximum atomic E-state index is 4.68. The molecule has 3 heteroatoms. The van der Waals surface area contributed by atoms with Crippen LogP contribution in [0.3, 0.4) is 0 Å². The summed E-state index contributed by atoms with van der Waals surface area (Å²) in [5.41, 5.74) is 0.396. The average Bonchev–Trinajstić information content (AvgIpc) is 2.80. The minimum atomic E-state index is 0.0822. The van der Waals surface area contributed by atoms with Crippen molar-refractivity contribution in [2.45, 2.75) is 71.9 Å². The van der Waals surface area contributed by atoms with Crippen LogP contribution in [-0.2, 0) is 5.54 Å². The predicted octanol–water partition coefficient (Wildman–Crippen LogP) is 4.57. The van der Waals surface area contributed by atoms with E-state index in [1.807, 2.05) is 17.5 Å². The van der Waals surface area contributed by atoms with E-state index in [1.165, 1.54) is 30.7 Å². The van der Waals surface area contributed by atoms with Crippen LogP contribution < -0.4 is 5.32 Å². The lowest BCUT2D eigenvalue weighted by atomic mass is 9.62. The molecule has 1 aromatic rings. The van der Waals surface area contributed by atoms with Gasteiger partial charge in [-0.2, -0.15) is 0 Å². The largest absolute Gasteiger partial charge is 0.303 e. The summed E-state index contributed by atoms with van der Waals surface area (Å²) in [5, 5.41) is 7.31. The van der Waals surface area contributed by atoms with E-state index in [0.29, 0.717) is 17.4 Å². The molecule has 0 bridgehead atoms. The van der Waals surface area contributed by atoms with Crippen LogP contribution in [0.5, 0.6) is 0 Å². The third-order valence-electron chi connectivity index (χ3n) is 4.31. The number of hydrogen-bond acceptors (Lipinski definition) is 3. The fourth-order valence-corrected chi connectivity index (χ4v) is 4.68. The zero-order valence-corrected chi connectivity index (χ0v) is 13.8. The van der Waals surface area contributed by atoms with Crippen molar-refractivity contribution in [3.63, 3.8) is 0 Å². The van der Waals surface area contributed by atoms with Crippen molar-refractivity contribution < 1.29 is 0 Å². The van der Waals surface area contributed by atoms with E-state index in [9.17, 15) is 0 Å². The Morgan fingerprint density at radius 2 is 2.11 bits per heavy atom. The number of nitrogens with one attached hydrogen (secondary N) is 1. The van der Waals surface area contributed by atoms with Gasteiger partial charge in [-0.15, -0.1) is 11.3 Å². The first kappa shape index (κ1) is 15.0. The Kier molecular flexibility index (Phi) is 4.36. The fraction of sp³-hybridized carbons (Fsp3) is 0.812. The first-order chi connectivity index (χ1) is 8.86. The molecule has 1 aromatic heterocycles. The molecule has 2 unspecified atom stereocenters. The molecule has 1 fully saturated rings. The molecule has 1 aliphatic rings. The monoisotopic (exact) mass is 280 g/mol. The zero-order valence-electron chi connectivity index (χ0n) is 13.0. The smallest absolute Gasteiger partial charge is 0.113 e. The Bertz CT molecular complexity index is 391. The van der Waals surface area contributed by atoms with Gasteiger partial charge in [-0.25, -0.2) is 4.98 Å². The summed E-state index contributed by atoms with van der Waals surface area (Å²) in [5.74, 6) is 0.655. The van der Waals surface area contributed by atoms with Gasteiger partial charge in [0.1, 0.15) is 5.01 Å². The number of nitrogens with zero attached hydrogens (tertiary/aromatic N) is 1. The van der Waals surface area contributed by atoms with E-state index in [4.69, 9.17) is 0 Å². The zero-order chi connectivity index (χ0) is 14.1. The highest BCUT2D eigenvalue weighted by molar-refractivity contribution is 7.09. The van der Waals surface area contributed by atoms with Crippen LogP contribution in [0.1, 0.15) is 65.3 Å². The lowest BCUT2D eigenvalue weighted by molar-refractivity contribution is 0.0414. The van der Waals surface area contributed by atoms with Crippen molar-refractivity contribution in [2.75, 3.05) is 0 Å². The van der Waals surface area contributed by atoms with Crippen molar-refractivity contribution in [1.82, 2.24) is 10.3 Å². The van der Waals surface area contributed by atoms with Crippen LogP contribution in [0.4, 0.5) is 0 Å². The minimum absolute atomic E-state index is 0.0822. The molecule has 1 aliphatic carbocycles. The van der Waals surface area contributed by atoms with Crippen LogP contribution in [-0.4, -0.2) is 11.0 Å². The van der Waals surface area contributed by atoms with Gasteiger partial charge in [-0.05, 0) is 38.0 Å². The second-order valence-electron chi connectivity index (χ2n) is 7.27. The molecule has 1 heterocycles. The van der Waals surface area contributed by atoms with E-state index >= 15 is 0 Å². The van der Waals surface area contributed by atoms with Gasteiger partial charge in [0.05, 0.1) is 5.54 Å². The average molecular weight is 280 g/mol. The Hall–Kier alpha value is -0.410. The molecule has 108 valence electrons. The van der Waals surface area contributed by atoms with Gasteiger partial charge in [0.2, 0.25) is 0 Å². The van der Waals surface area contributed by atoms with Crippen LogP contribution in [0, 0.1) is 11.3 Å². The van der Waals surface area contributed by atoms with Gasteiger partial charge >= 0.3 is 0 Å². The standard InChI is InChI=1S/C16H28N2S/c1-12(2)18-16(14-17-10-11-19-14)9-7-6-8-13(16)15(3,4)5/h10-13,18H,6-9H2,1-5H3. The van der Waals surface area contributed by atoms with Crippen LogP contribution in [0.2, 0.25) is 0 Å². The molecule has 2 rings (SSSR count). The number of rotatable bonds is 3. The highest BCUT2D eigenvalue weighted by atomic mass is 32.1. The molecule has 0 radical (unpaired) electrons. The van der Waals surface area contributed by atoms with E-state index in [1.54, 1.807) is 0 Å². The Morgan fingerprint density at radius 1 is 1.37 bits per heavy atom. The predicted molar refractivity (Wildman–Crippen MR) is 83.5 cm³/mol. The van der Waals surface area contributed by atoms with Crippen molar-refractivity contribution in [2.24, 2.45) is 11.3 Å². The van der Waals surface area contributed by atoms with Gasteiger partial charge in [0, 0.05) is 17.6 Å². The summed E-state index contributed by atoms with van der Waals surface area (Å²) >= 11 is 1.82. The topological polar surface area (TPSA) is 24.9 Å². The maximum absolute atomic E-state index is 4.68. The summed E-state index contributed by atoms with van der Waals surface area (Å²) in [6.07, 6.45) is 7.15. The van der Waals surface area contributed by atoms with Gasteiger partial charge in [0.25, 0.3) is 0 Å². The van der Waals surface area contributed by atoms with Gasteiger partial charge in [0.15, 0.2) is 0 Å². The lowest BCUT2D eigenvalue weighted by Crippen LogP contribution is -2.56. The number of thiazole rings is 1. The molecule has 0 spiro atoms. The van der Waals surface area contributed by atoms with Crippen LogP contribution in [0.15, 0.2) is 11.6 Å². The van der Waals surface area contributed by atoms with E-state index < -0.39 is 0 Å². The number of aromatic nitrogens is 1. The highest BCUT2D eigenvalue weighted by Gasteiger charge is 2.48. The summed E-state index contributed by atoms with van der Waals surface area (Å²) < 4.78 is 0. The number of hydrogen-bond donors (Lipinski definition) is 1. The van der Waals surface area contributed by atoms with Crippen molar-refractivity contribution >= 4 is 11.3 Å². The van der Waals surface area contributed by atoms with Crippen molar-refractivity contribution in [3.05, 3.63) is 16.6 Å². The molecular formula is C16H28N2S. The normalized spacial score (nSPS) is 28.8. The molecule has 0 amide bonds. The Morgan fingerprint density at radius 3 is 2.63 bits per heavy atom. The lowest BCUT2D eigenvalue weighted by Gasteiger charge is -2.50. The highest BCUT2D eigenvalue weighted by Crippen LogP contribution is 2.50. The molecule has 0 aliphatic heterocycles. The second kappa shape index (κ2) is 5.53. The van der Waals surface area contributed by atoms with Gasteiger partial charge < -0.3 is 5.32 Å². The molecule has 0 aromatic carbocycles. The summed E-state index contributed by atoms with van der Waals surface area (Å²) in [6, 6.07) is 0.492. The quantitative estimate of drug-likeness (QED) is 0.877. The van der Waals surface area contributed by atoms with Crippen LogP contribution >= 0.6 is 11.3 Å². The first-order valence-corrected chi connectivity index (χ1v) is 8.42. The Labute approximate surface area is 122 Å². The van der Waals surface area contributed by atoms with Gasteiger partial charge in [-0.1, -0.05) is 33.6 Å². The van der Waals surface area contributed by atoms with Crippen LogP contribution in [0.25, 0.3) is 0 Å². The van der Waals surface area contributed by atoms with Crippen molar-refractivity contribution in [1.29, 1.82) is 0 Å². The van der Waals surface area contributed by atoms with E-state index in [2.05, 4.69) is 50.3 Å². The third-order valence-corrected chi connectivity index (χ3v) is 5.27. The van der Waals surface area contributed by atoms with E-state index in [0.717, 1.165) is 0 Å². The summed E-state index contributed by atoms with van der Waals surface area (Å²) in [4.78, 5) is 4.68. The van der Waals surface area contributed by atoms with Crippen molar-refractivity contribution in [3.8, 4) is 0 Å². The fourth-order valence-electron chi connectivity index (χ4n) is 3.79. The Balaban J connectivity index is 2.44.